The minimum Gasteiger partial charge on any atom is -0.392 e. The second-order valence-corrected chi connectivity index (χ2v) is 9.72. The number of aliphatic hydroxyl groups is 1. The number of nitrogens with one attached hydrogen (secondary N) is 1. The van der Waals surface area contributed by atoms with Crippen LogP contribution in [0.5, 0.6) is 0 Å². The van der Waals surface area contributed by atoms with Crippen molar-refractivity contribution in [2.45, 2.75) is 36.9 Å². The molecule has 32 heavy (non-hydrogen) atoms. The Morgan fingerprint density at radius 1 is 1.16 bits per heavy atom. The molecule has 0 unspecified atom stereocenters. The highest BCUT2D eigenvalue weighted by Gasteiger charge is 2.35. The summed E-state index contributed by atoms with van der Waals surface area (Å²) in [4.78, 5) is 14.9. The number of fused-ring (bicyclic) bond motifs is 2. The largest absolute Gasteiger partial charge is 0.392 e. The fraction of sp³-hybridized carbons (Fsp3) is 0.227. The van der Waals surface area contributed by atoms with Crippen molar-refractivity contribution in [3.8, 4) is 0 Å². The maximum atomic E-state index is 13.2. The summed E-state index contributed by atoms with van der Waals surface area (Å²) in [5, 5.41) is 22.0. The predicted octanol–water partition coefficient (Wildman–Crippen LogP) is 2.00. The van der Waals surface area contributed by atoms with Gasteiger partial charge in [-0.3, -0.25) is 9.89 Å². The number of nitrogens with zero attached hydrogens (tertiary/aromatic N) is 4. The Balaban J connectivity index is 1.39. The Bertz CT molecular complexity index is 1390. The lowest BCUT2D eigenvalue weighted by Gasteiger charge is -2.25. The van der Waals surface area contributed by atoms with Gasteiger partial charge >= 0.3 is 0 Å². The van der Waals surface area contributed by atoms with Gasteiger partial charge in [0.2, 0.25) is 5.91 Å². The van der Waals surface area contributed by atoms with Gasteiger partial charge in [-0.15, -0.1) is 0 Å². The molecule has 2 atom stereocenters. The smallest absolute Gasteiger partial charge is 0.283 e. The molecule has 2 aromatic heterocycles. The van der Waals surface area contributed by atoms with Crippen LogP contribution in [0.4, 0.5) is 0 Å². The Labute approximate surface area is 184 Å². The van der Waals surface area contributed by atoms with Crippen molar-refractivity contribution in [1.82, 2.24) is 24.3 Å². The van der Waals surface area contributed by atoms with E-state index in [1.165, 1.54) is 18.3 Å². The number of hydrogen-bond acceptors (Lipinski definition) is 6. The summed E-state index contributed by atoms with van der Waals surface area (Å²) in [5.41, 5.74) is 2.55. The molecule has 1 aliphatic heterocycles. The zero-order chi connectivity index (χ0) is 22.5. The summed E-state index contributed by atoms with van der Waals surface area (Å²) < 4.78 is 27.1. The first-order valence-electron chi connectivity index (χ1n) is 10.1. The minimum absolute atomic E-state index is 0.0987. The number of carbonyl (C=O) groups excluding carboxylic acids is 1. The van der Waals surface area contributed by atoms with Gasteiger partial charge in [0.1, 0.15) is 0 Å². The Hall–Kier alpha value is -3.50. The molecule has 0 radical (unpaired) electrons. The molecule has 0 saturated heterocycles. The molecule has 4 aromatic rings. The van der Waals surface area contributed by atoms with Crippen molar-refractivity contribution >= 4 is 26.8 Å². The molecule has 3 heterocycles. The maximum absolute atomic E-state index is 13.2. The van der Waals surface area contributed by atoms with E-state index < -0.39 is 22.0 Å². The first kappa shape index (κ1) is 20.4. The fourth-order valence-electron chi connectivity index (χ4n) is 4.08. The molecule has 1 aliphatic rings. The molecule has 10 heteroatoms. The number of aliphatic hydroxyl groups excluding tert-OH is 1. The number of aromatic nitrogens is 4. The molecule has 0 bridgehead atoms. The van der Waals surface area contributed by atoms with Gasteiger partial charge in [0, 0.05) is 23.7 Å². The summed E-state index contributed by atoms with van der Waals surface area (Å²) in [7, 11) is -3.88. The molecule has 0 aliphatic carbocycles. The number of H-pyrrole nitrogens is 1. The van der Waals surface area contributed by atoms with Gasteiger partial charge in [-0.1, -0.05) is 30.3 Å². The second-order valence-electron chi connectivity index (χ2n) is 7.92. The van der Waals surface area contributed by atoms with Crippen LogP contribution in [0.25, 0.3) is 10.9 Å². The van der Waals surface area contributed by atoms with Gasteiger partial charge in [0.05, 0.1) is 40.9 Å². The van der Waals surface area contributed by atoms with Crippen LogP contribution in [0.2, 0.25) is 0 Å². The van der Waals surface area contributed by atoms with E-state index in [9.17, 15) is 18.3 Å². The van der Waals surface area contributed by atoms with E-state index in [2.05, 4.69) is 15.3 Å². The predicted molar refractivity (Wildman–Crippen MR) is 116 cm³/mol. The van der Waals surface area contributed by atoms with Crippen molar-refractivity contribution in [2.24, 2.45) is 0 Å². The quantitative estimate of drug-likeness (QED) is 0.479. The number of carbonyl (C=O) groups is 1. The number of aromatic amines is 1. The molecular weight excluding hydrogens is 430 g/mol. The lowest BCUT2D eigenvalue weighted by Crippen LogP contribution is -2.36. The van der Waals surface area contributed by atoms with Crippen molar-refractivity contribution in [1.29, 1.82) is 0 Å². The number of benzene rings is 2. The molecule has 0 spiro atoms. The molecule has 1 amide bonds. The van der Waals surface area contributed by atoms with Gasteiger partial charge in [-0.25, -0.2) is 0 Å². The lowest BCUT2D eigenvalue weighted by atomic mass is 9.93. The summed E-state index contributed by atoms with van der Waals surface area (Å²) in [6, 6.07) is 13.9. The van der Waals surface area contributed by atoms with Crippen molar-refractivity contribution in [2.75, 3.05) is 0 Å². The molecule has 0 saturated carbocycles. The SMILES string of the molecule is C[C@H](O)[C@@H](C(=O)N1Cc2cn(S(=O)(=O)c3ccc4cn[nH]c4c3)nc2C1)c1ccccc1. The topological polar surface area (TPSA) is 121 Å². The maximum Gasteiger partial charge on any atom is 0.283 e. The van der Waals surface area contributed by atoms with Crippen LogP contribution >= 0.6 is 0 Å². The molecule has 2 aromatic carbocycles. The number of amides is 1. The third-order valence-electron chi connectivity index (χ3n) is 5.73. The Kier molecular flexibility index (Phi) is 4.83. The van der Waals surface area contributed by atoms with Crippen LogP contribution < -0.4 is 0 Å². The Morgan fingerprint density at radius 2 is 1.94 bits per heavy atom. The van der Waals surface area contributed by atoms with Crippen molar-refractivity contribution < 1.29 is 18.3 Å². The molecular formula is C22H21N5O4S. The standard InChI is InChI=1S/C22H21N5O4S/c1-14(28)21(15-5-3-2-4-6-15)22(29)26-11-17-12-27(25-20(17)13-26)32(30,31)18-8-7-16-10-23-24-19(16)9-18/h2-10,12,14,21,28H,11,13H2,1H3,(H,23,24)/t14-,21+/m0/s1. The van der Waals surface area contributed by atoms with Crippen LogP contribution in [-0.2, 0) is 27.9 Å². The number of rotatable bonds is 5. The number of hydrogen-bond donors (Lipinski definition) is 2. The molecule has 5 rings (SSSR count). The molecule has 0 fully saturated rings. The second kappa shape index (κ2) is 7.57. The summed E-state index contributed by atoms with van der Waals surface area (Å²) in [6.45, 7) is 2.01. The van der Waals surface area contributed by atoms with E-state index >= 15 is 0 Å². The first-order valence-corrected chi connectivity index (χ1v) is 11.6. The third kappa shape index (κ3) is 3.37. The highest BCUT2D eigenvalue weighted by molar-refractivity contribution is 7.89. The van der Waals surface area contributed by atoms with Crippen LogP contribution in [0.1, 0.15) is 29.7 Å². The Morgan fingerprint density at radius 3 is 2.66 bits per heavy atom. The van der Waals surface area contributed by atoms with Gasteiger partial charge in [0.15, 0.2) is 0 Å². The summed E-state index contributed by atoms with van der Waals surface area (Å²) >= 11 is 0. The average molecular weight is 452 g/mol. The minimum atomic E-state index is -3.88. The van der Waals surface area contributed by atoms with Crippen molar-refractivity contribution in [3.05, 3.63) is 77.7 Å². The van der Waals surface area contributed by atoms with Gasteiger partial charge < -0.3 is 10.0 Å². The lowest BCUT2D eigenvalue weighted by molar-refractivity contribution is -0.135. The molecule has 9 nitrogen and oxygen atoms in total. The summed E-state index contributed by atoms with van der Waals surface area (Å²) in [6.07, 6.45) is 2.21. The first-order chi connectivity index (χ1) is 15.3. The van der Waals surface area contributed by atoms with Crippen LogP contribution in [0, 0.1) is 0 Å². The van der Waals surface area contributed by atoms with Crippen molar-refractivity contribution in [3.63, 3.8) is 0 Å². The van der Waals surface area contributed by atoms with Crippen LogP contribution in [0.15, 0.2) is 65.8 Å². The van der Waals surface area contributed by atoms with Crippen LogP contribution in [-0.4, -0.2) is 49.8 Å². The van der Waals surface area contributed by atoms with Gasteiger partial charge in [0.25, 0.3) is 10.0 Å². The average Bonchev–Trinajstić information content (AvgIpc) is 3.48. The highest BCUT2D eigenvalue weighted by Crippen LogP contribution is 2.29. The normalized spacial score (nSPS) is 15.6. The van der Waals surface area contributed by atoms with Gasteiger partial charge in [-0.2, -0.15) is 22.7 Å². The van der Waals surface area contributed by atoms with E-state index in [0.717, 1.165) is 15.0 Å². The zero-order valence-electron chi connectivity index (χ0n) is 17.2. The van der Waals surface area contributed by atoms with E-state index in [0.29, 0.717) is 16.8 Å². The van der Waals surface area contributed by atoms with E-state index in [4.69, 9.17) is 0 Å². The third-order valence-corrected chi connectivity index (χ3v) is 7.26. The molecule has 2 N–H and O–H groups in total. The van der Waals surface area contributed by atoms with Crippen LogP contribution in [0.3, 0.4) is 0 Å². The van der Waals surface area contributed by atoms with E-state index in [1.807, 2.05) is 30.3 Å². The molecule has 164 valence electrons. The van der Waals surface area contributed by atoms with E-state index in [-0.39, 0.29) is 23.9 Å². The van der Waals surface area contributed by atoms with E-state index in [1.54, 1.807) is 24.1 Å². The highest BCUT2D eigenvalue weighted by atomic mass is 32.2. The summed E-state index contributed by atoms with van der Waals surface area (Å²) in [5.74, 6) is -0.916. The zero-order valence-corrected chi connectivity index (χ0v) is 18.0. The van der Waals surface area contributed by atoms with Gasteiger partial charge in [-0.05, 0) is 30.7 Å². The monoisotopic (exact) mass is 451 g/mol. The fourth-order valence-corrected chi connectivity index (χ4v) is 5.27.